The maximum absolute atomic E-state index is 12.2. The van der Waals surface area contributed by atoms with Gasteiger partial charge in [-0.3, -0.25) is 4.79 Å². The van der Waals surface area contributed by atoms with Gasteiger partial charge >= 0.3 is 0 Å². The molecule has 0 aliphatic carbocycles. The fourth-order valence-corrected chi connectivity index (χ4v) is 3.42. The predicted molar refractivity (Wildman–Crippen MR) is 106 cm³/mol. The Hall–Kier alpha value is -3.21. The first-order valence-electron chi connectivity index (χ1n) is 9.08. The second-order valence-corrected chi connectivity index (χ2v) is 7.39. The lowest BCUT2D eigenvalue weighted by Gasteiger charge is -2.04. The molecular weight excluding hydrogens is 338 g/mol. The number of aromatic hydroxyl groups is 1. The Balaban J connectivity index is 1.74. The van der Waals surface area contributed by atoms with Gasteiger partial charge in [-0.2, -0.15) is 10.2 Å². The van der Waals surface area contributed by atoms with Crippen LogP contribution in [0.1, 0.15) is 31.4 Å². The fraction of sp³-hybridized carbons (Fsp3) is 0.227. The number of carbonyl (C=O) groups excluding carboxylic acids is 1. The number of carbonyl (C=O) groups is 1. The first-order chi connectivity index (χ1) is 13.0. The Morgan fingerprint density at radius 2 is 2.07 bits per heavy atom. The second kappa shape index (κ2) is 6.83. The summed E-state index contributed by atoms with van der Waals surface area (Å²) in [4.78, 5) is 15.2. The van der Waals surface area contributed by atoms with Crippen molar-refractivity contribution in [1.82, 2.24) is 4.98 Å². The molecule has 2 aromatic carbocycles. The van der Waals surface area contributed by atoms with Crippen LogP contribution in [0.15, 0.2) is 46.6 Å². The molecular formula is C22H21N3O2. The average Bonchev–Trinajstić information content (AvgIpc) is 3.19. The topological polar surface area (TPSA) is 77.8 Å². The first-order valence-corrected chi connectivity index (χ1v) is 9.08. The molecule has 0 saturated heterocycles. The van der Waals surface area contributed by atoms with Gasteiger partial charge in [-0.1, -0.05) is 32.0 Å². The Kier molecular flexibility index (Phi) is 4.36. The third-order valence-electron chi connectivity index (χ3n) is 4.65. The van der Waals surface area contributed by atoms with Gasteiger partial charge in [-0.15, -0.1) is 0 Å². The zero-order valence-corrected chi connectivity index (χ0v) is 15.4. The van der Waals surface area contributed by atoms with E-state index < -0.39 is 0 Å². The number of nitrogens with zero attached hydrogens (tertiary/aromatic N) is 2. The van der Waals surface area contributed by atoms with Crippen LogP contribution in [0.25, 0.3) is 23.2 Å². The summed E-state index contributed by atoms with van der Waals surface area (Å²) < 4.78 is 0. The number of Topliss-reactive ketones (excluding diaryl/α,β-unsaturated/α-hetero) is 1. The van der Waals surface area contributed by atoms with Crippen LogP contribution in [-0.2, 0) is 11.2 Å². The summed E-state index contributed by atoms with van der Waals surface area (Å²) in [5, 5.41) is 21.2. The SMILES string of the molecule is CC(C)CC(=O)Cc1ccc2[nH]c(O)c(/C=c3\ccc4c(c3)N=NC=4)c2c1. The van der Waals surface area contributed by atoms with Crippen LogP contribution < -0.4 is 10.4 Å². The van der Waals surface area contributed by atoms with Crippen LogP contribution in [0.5, 0.6) is 5.88 Å². The number of H-pyrrole nitrogens is 1. The Labute approximate surface area is 156 Å². The van der Waals surface area contributed by atoms with Crippen molar-refractivity contribution in [2.24, 2.45) is 16.1 Å². The molecule has 0 bridgehead atoms. The van der Waals surface area contributed by atoms with Crippen molar-refractivity contribution >= 4 is 34.6 Å². The molecule has 5 nitrogen and oxygen atoms in total. The molecule has 136 valence electrons. The first kappa shape index (κ1) is 17.2. The number of fused-ring (bicyclic) bond motifs is 2. The largest absolute Gasteiger partial charge is 0.494 e. The predicted octanol–water partition coefficient (Wildman–Crippen LogP) is 3.70. The highest BCUT2D eigenvalue weighted by Gasteiger charge is 2.12. The third-order valence-corrected chi connectivity index (χ3v) is 4.65. The Morgan fingerprint density at radius 1 is 1.22 bits per heavy atom. The van der Waals surface area contributed by atoms with Crippen LogP contribution in [-0.4, -0.2) is 15.9 Å². The number of aromatic nitrogens is 1. The molecule has 3 aromatic rings. The molecule has 5 heteroatoms. The lowest BCUT2D eigenvalue weighted by Crippen LogP contribution is -2.07. The van der Waals surface area contributed by atoms with E-state index in [9.17, 15) is 9.90 Å². The molecule has 0 spiro atoms. The van der Waals surface area contributed by atoms with E-state index >= 15 is 0 Å². The van der Waals surface area contributed by atoms with Crippen molar-refractivity contribution in [2.45, 2.75) is 26.7 Å². The molecule has 1 aliphatic heterocycles. The second-order valence-electron chi connectivity index (χ2n) is 7.39. The van der Waals surface area contributed by atoms with Crippen molar-refractivity contribution in [3.63, 3.8) is 0 Å². The monoisotopic (exact) mass is 359 g/mol. The van der Waals surface area contributed by atoms with Gasteiger partial charge < -0.3 is 10.1 Å². The molecule has 0 radical (unpaired) electrons. The van der Waals surface area contributed by atoms with Crippen LogP contribution in [0.2, 0.25) is 0 Å². The minimum atomic E-state index is 0.115. The van der Waals surface area contributed by atoms with Gasteiger partial charge in [0.2, 0.25) is 0 Å². The van der Waals surface area contributed by atoms with E-state index in [-0.39, 0.29) is 11.7 Å². The van der Waals surface area contributed by atoms with Gasteiger partial charge in [0.1, 0.15) is 5.78 Å². The average molecular weight is 359 g/mol. The summed E-state index contributed by atoms with van der Waals surface area (Å²) in [7, 11) is 0. The molecule has 0 saturated carbocycles. The minimum Gasteiger partial charge on any atom is -0.494 e. The van der Waals surface area contributed by atoms with Gasteiger partial charge in [0.25, 0.3) is 0 Å². The molecule has 0 unspecified atom stereocenters. The van der Waals surface area contributed by atoms with Crippen molar-refractivity contribution in [2.75, 3.05) is 0 Å². The van der Waals surface area contributed by atoms with Gasteiger partial charge in [-0.05, 0) is 41.0 Å². The number of azo groups is 1. The number of aromatic amines is 1. The van der Waals surface area contributed by atoms with E-state index in [2.05, 4.69) is 15.2 Å². The number of benzene rings is 2. The van der Waals surface area contributed by atoms with Crippen molar-refractivity contribution in [1.29, 1.82) is 0 Å². The molecule has 27 heavy (non-hydrogen) atoms. The minimum absolute atomic E-state index is 0.115. The maximum atomic E-state index is 12.2. The van der Waals surface area contributed by atoms with Gasteiger partial charge in [-0.25, -0.2) is 0 Å². The molecule has 1 aliphatic rings. The van der Waals surface area contributed by atoms with Crippen LogP contribution >= 0.6 is 0 Å². The summed E-state index contributed by atoms with van der Waals surface area (Å²) in [6.07, 6.45) is 4.63. The molecule has 0 amide bonds. The molecule has 2 heterocycles. The maximum Gasteiger partial charge on any atom is 0.196 e. The number of rotatable bonds is 5. The van der Waals surface area contributed by atoms with E-state index in [0.29, 0.717) is 24.3 Å². The van der Waals surface area contributed by atoms with Crippen molar-refractivity contribution in [3.8, 4) is 5.88 Å². The van der Waals surface area contributed by atoms with E-state index in [1.807, 2.05) is 56.3 Å². The third kappa shape index (κ3) is 3.53. The van der Waals surface area contributed by atoms with Crippen molar-refractivity contribution in [3.05, 3.63) is 58.0 Å². The number of hydrogen-bond donors (Lipinski definition) is 2. The molecule has 2 N–H and O–H groups in total. The summed E-state index contributed by atoms with van der Waals surface area (Å²) in [5.41, 5.74) is 3.33. The highest BCUT2D eigenvalue weighted by molar-refractivity contribution is 5.93. The quantitative estimate of drug-likeness (QED) is 0.729. The standard InChI is InChI=1S/C22H21N3O2/c1-13(2)7-17(26)8-14-4-6-20-18(9-14)19(22(27)24-20)10-15-3-5-16-12-23-25-21(16)11-15/h3-6,9-13,24,27H,7-8H2,1-2H3/b15-10+. The summed E-state index contributed by atoms with van der Waals surface area (Å²) in [5.74, 6) is 0.704. The van der Waals surface area contributed by atoms with Crippen LogP contribution in [0, 0.1) is 5.92 Å². The van der Waals surface area contributed by atoms with Gasteiger partial charge in [0.15, 0.2) is 5.88 Å². The highest BCUT2D eigenvalue weighted by atomic mass is 16.3. The smallest absolute Gasteiger partial charge is 0.196 e. The van der Waals surface area contributed by atoms with E-state index in [4.69, 9.17) is 0 Å². The number of nitrogens with one attached hydrogen (secondary N) is 1. The number of ketones is 1. The van der Waals surface area contributed by atoms with Gasteiger partial charge in [0, 0.05) is 34.5 Å². The van der Waals surface area contributed by atoms with E-state index in [0.717, 1.165) is 32.6 Å². The zero-order valence-electron chi connectivity index (χ0n) is 15.4. The van der Waals surface area contributed by atoms with Crippen LogP contribution in [0.4, 0.5) is 5.69 Å². The van der Waals surface area contributed by atoms with E-state index in [1.54, 1.807) is 6.20 Å². The fourth-order valence-electron chi connectivity index (χ4n) is 3.42. The van der Waals surface area contributed by atoms with E-state index in [1.165, 1.54) is 0 Å². The molecule has 4 rings (SSSR count). The lowest BCUT2D eigenvalue weighted by atomic mass is 9.99. The van der Waals surface area contributed by atoms with Crippen LogP contribution in [0.3, 0.4) is 0 Å². The normalized spacial score (nSPS) is 13.4. The molecule has 1 aromatic heterocycles. The molecule has 0 atom stereocenters. The number of hydrogen-bond acceptors (Lipinski definition) is 4. The Morgan fingerprint density at radius 3 is 2.89 bits per heavy atom. The zero-order chi connectivity index (χ0) is 19.0. The Bertz CT molecular complexity index is 1190. The lowest BCUT2D eigenvalue weighted by molar-refractivity contribution is -0.119. The summed E-state index contributed by atoms with van der Waals surface area (Å²) in [6, 6.07) is 11.7. The molecule has 0 fully saturated rings. The van der Waals surface area contributed by atoms with Gasteiger partial charge in [0.05, 0.1) is 11.9 Å². The van der Waals surface area contributed by atoms with Crippen molar-refractivity contribution < 1.29 is 9.90 Å². The summed E-state index contributed by atoms with van der Waals surface area (Å²) >= 11 is 0. The summed E-state index contributed by atoms with van der Waals surface area (Å²) in [6.45, 7) is 4.10. The highest BCUT2D eigenvalue weighted by Crippen LogP contribution is 2.29.